The Kier molecular flexibility index (Phi) is 5.18. The van der Waals surface area contributed by atoms with Gasteiger partial charge in [-0.25, -0.2) is 0 Å². The number of nitrogens with zero attached hydrogens (tertiary/aromatic N) is 1. The smallest absolute Gasteiger partial charge is 0.0413 e. The largest absolute Gasteiger partial charge is 0.301 e. The molecular formula is C8H15N. The summed E-state index contributed by atoms with van der Waals surface area (Å²) in [7, 11) is 0. The van der Waals surface area contributed by atoms with Crippen molar-refractivity contribution in [1.82, 2.24) is 0 Å². The highest BCUT2D eigenvalue weighted by Gasteiger charge is 1.99. The van der Waals surface area contributed by atoms with Gasteiger partial charge in [0, 0.05) is 6.54 Å². The van der Waals surface area contributed by atoms with Gasteiger partial charge in [0.1, 0.15) is 0 Å². The molecule has 0 rings (SSSR count). The van der Waals surface area contributed by atoms with Crippen molar-refractivity contribution < 1.29 is 0 Å². The first kappa shape index (κ1) is 8.41. The number of aliphatic imine (C=N–C) groups is 1. The predicted molar refractivity (Wildman–Crippen MR) is 43.0 cm³/mol. The monoisotopic (exact) mass is 125 g/mol. The van der Waals surface area contributed by atoms with Crippen LogP contribution in [-0.4, -0.2) is 13.3 Å². The Balaban J connectivity index is 3.39. The maximum atomic E-state index is 3.83. The van der Waals surface area contributed by atoms with E-state index in [0.29, 0.717) is 5.92 Å². The summed E-state index contributed by atoms with van der Waals surface area (Å²) in [5.74, 6) is 0.667. The summed E-state index contributed by atoms with van der Waals surface area (Å²) in [4.78, 5) is 3.83. The van der Waals surface area contributed by atoms with Crippen molar-refractivity contribution in [3.63, 3.8) is 0 Å². The zero-order valence-electron chi connectivity index (χ0n) is 6.14. The lowest BCUT2D eigenvalue weighted by molar-refractivity contribution is 0.532. The predicted octanol–water partition coefficient (Wildman–Crippen LogP) is 2.29. The van der Waals surface area contributed by atoms with E-state index in [2.05, 4.69) is 25.2 Å². The molecule has 0 spiro atoms. The summed E-state index contributed by atoms with van der Waals surface area (Å²) in [6, 6.07) is 0. The molecule has 0 aliphatic rings. The van der Waals surface area contributed by atoms with Crippen LogP contribution >= 0.6 is 0 Å². The van der Waals surface area contributed by atoms with Crippen LogP contribution in [0.15, 0.2) is 17.6 Å². The average molecular weight is 125 g/mol. The molecule has 0 N–H and O–H groups in total. The molecule has 0 radical (unpaired) electrons. The third kappa shape index (κ3) is 3.95. The van der Waals surface area contributed by atoms with Crippen molar-refractivity contribution in [2.75, 3.05) is 6.54 Å². The van der Waals surface area contributed by atoms with E-state index < -0.39 is 0 Å². The summed E-state index contributed by atoms with van der Waals surface area (Å²) in [5.41, 5.74) is 0. The fraction of sp³-hybridized carbons (Fsp3) is 0.625. The van der Waals surface area contributed by atoms with Crippen LogP contribution in [0.1, 0.15) is 19.8 Å². The summed E-state index contributed by atoms with van der Waals surface area (Å²) < 4.78 is 0. The van der Waals surface area contributed by atoms with E-state index >= 15 is 0 Å². The zero-order chi connectivity index (χ0) is 7.11. The molecule has 0 heterocycles. The molecule has 1 unspecified atom stereocenters. The molecule has 1 heteroatoms. The van der Waals surface area contributed by atoms with Gasteiger partial charge in [0.05, 0.1) is 0 Å². The molecule has 1 nitrogen and oxygen atoms in total. The van der Waals surface area contributed by atoms with Gasteiger partial charge in [-0.05, 0) is 19.1 Å². The van der Waals surface area contributed by atoms with Crippen molar-refractivity contribution in [2.45, 2.75) is 19.8 Å². The Morgan fingerprint density at radius 2 is 2.33 bits per heavy atom. The van der Waals surface area contributed by atoms with Crippen LogP contribution in [-0.2, 0) is 0 Å². The molecular weight excluding hydrogens is 110 g/mol. The van der Waals surface area contributed by atoms with Gasteiger partial charge >= 0.3 is 0 Å². The summed E-state index contributed by atoms with van der Waals surface area (Å²) in [6.07, 6.45) is 4.18. The van der Waals surface area contributed by atoms with Crippen LogP contribution in [0.4, 0.5) is 0 Å². The quantitative estimate of drug-likeness (QED) is 0.395. The van der Waals surface area contributed by atoms with Crippen molar-refractivity contribution in [3.8, 4) is 0 Å². The van der Waals surface area contributed by atoms with Crippen molar-refractivity contribution in [2.24, 2.45) is 10.9 Å². The highest BCUT2D eigenvalue weighted by molar-refractivity contribution is 5.23. The lowest BCUT2D eigenvalue weighted by Gasteiger charge is -2.06. The minimum Gasteiger partial charge on any atom is -0.301 e. The number of hydrogen-bond donors (Lipinski definition) is 0. The van der Waals surface area contributed by atoms with Crippen LogP contribution in [0.2, 0.25) is 0 Å². The SMILES string of the molecule is C=CCC(CC)CN=C. The van der Waals surface area contributed by atoms with Gasteiger partial charge in [-0.1, -0.05) is 19.4 Å². The summed E-state index contributed by atoms with van der Waals surface area (Å²) >= 11 is 0. The van der Waals surface area contributed by atoms with Crippen LogP contribution in [0.25, 0.3) is 0 Å². The number of allylic oxidation sites excluding steroid dienone is 1. The van der Waals surface area contributed by atoms with E-state index in [0.717, 1.165) is 13.0 Å². The number of rotatable bonds is 5. The minimum absolute atomic E-state index is 0.667. The minimum atomic E-state index is 0.667. The third-order valence-corrected chi connectivity index (χ3v) is 1.46. The second-order valence-corrected chi connectivity index (χ2v) is 2.20. The van der Waals surface area contributed by atoms with Crippen LogP contribution in [0.5, 0.6) is 0 Å². The fourth-order valence-corrected chi connectivity index (χ4v) is 0.789. The van der Waals surface area contributed by atoms with Crippen molar-refractivity contribution in [1.29, 1.82) is 0 Å². The van der Waals surface area contributed by atoms with Gasteiger partial charge in [0.15, 0.2) is 0 Å². The Morgan fingerprint density at radius 1 is 1.67 bits per heavy atom. The van der Waals surface area contributed by atoms with Gasteiger partial charge in [-0.2, -0.15) is 0 Å². The van der Waals surface area contributed by atoms with Crippen LogP contribution in [0.3, 0.4) is 0 Å². The lowest BCUT2D eigenvalue weighted by Crippen LogP contribution is -2.00. The Bertz CT molecular complexity index is 76.6. The van der Waals surface area contributed by atoms with E-state index in [1.165, 1.54) is 6.42 Å². The molecule has 52 valence electrons. The van der Waals surface area contributed by atoms with Crippen LogP contribution in [0, 0.1) is 5.92 Å². The van der Waals surface area contributed by atoms with E-state index in [1.54, 1.807) is 0 Å². The number of hydrogen-bond acceptors (Lipinski definition) is 1. The highest BCUT2D eigenvalue weighted by Crippen LogP contribution is 2.07. The Morgan fingerprint density at radius 3 is 2.67 bits per heavy atom. The zero-order valence-corrected chi connectivity index (χ0v) is 6.14. The first-order valence-corrected chi connectivity index (χ1v) is 3.38. The molecule has 0 aromatic heterocycles. The second kappa shape index (κ2) is 5.54. The second-order valence-electron chi connectivity index (χ2n) is 2.20. The van der Waals surface area contributed by atoms with Gasteiger partial charge in [0.25, 0.3) is 0 Å². The van der Waals surface area contributed by atoms with Gasteiger partial charge < -0.3 is 4.99 Å². The third-order valence-electron chi connectivity index (χ3n) is 1.46. The van der Waals surface area contributed by atoms with Gasteiger partial charge in [0.2, 0.25) is 0 Å². The molecule has 0 fully saturated rings. The topological polar surface area (TPSA) is 12.4 Å². The molecule has 0 aliphatic heterocycles. The molecule has 0 amide bonds. The molecule has 0 aliphatic carbocycles. The summed E-state index contributed by atoms with van der Waals surface area (Å²) in [5, 5.41) is 0. The highest BCUT2D eigenvalue weighted by atomic mass is 14.7. The van der Waals surface area contributed by atoms with Gasteiger partial charge in [-0.15, -0.1) is 6.58 Å². The lowest BCUT2D eigenvalue weighted by atomic mass is 10.0. The van der Waals surface area contributed by atoms with Crippen LogP contribution < -0.4 is 0 Å². The maximum Gasteiger partial charge on any atom is 0.0413 e. The molecule has 0 aromatic carbocycles. The van der Waals surface area contributed by atoms with E-state index in [9.17, 15) is 0 Å². The normalized spacial score (nSPS) is 12.6. The maximum absolute atomic E-state index is 3.83. The van der Waals surface area contributed by atoms with E-state index in [4.69, 9.17) is 0 Å². The molecule has 1 atom stereocenters. The summed E-state index contributed by atoms with van der Waals surface area (Å²) in [6.45, 7) is 10.2. The first-order valence-electron chi connectivity index (χ1n) is 3.38. The molecule has 0 saturated heterocycles. The van der Waals surface area contributed by atoms with E-state index in [1.807, 2.05) is 6.08 Å². The van der Waals surface area contributed by atoms with Gasteiger partial charge in [-0.3, -0.25) is 0 Å². The van der Waals surface area contributed by atoms with E-state index in [-0.39, 0.29) is 0 Å². The van der Waals surface area contributed by atoms with Crippen molar-refractivity contribution in [3.05, 3.63) is 12.7 Å². The fourth-order valence-electron chi connectivity index (χ4n) is 0.789. The van der Waals surface area contributed by atoms with Crippen molar-refractivity contribution >= 4 is 6.72 Å². The molecule has 0 aromatic rings. The average Bonchev–Trinajstić information content (AvgIpc) is 1.88. The molecule has 0 saturated carbocycles. The molecule has 9 heavy (non-hydrogen) atoms. The molecule has 0 bridgehead atoms. The Hall–Kier alpha value is -0.590. The Labute approximate surface area is 57.5 Å². The standard InChI is InChI=1S/C8H15N/c1-4-6-8(5-2)7-9-3/h4,8H,1,3,5-7H2,2H3. The first-order chi connectivity index (χ1) is 4.35.